The van der Waals surface area contributed by atoms with E-state index in [9.17, 15) is 18.1 Å². The number of hydrogen-bond donors (Lipinski definition) is 1. The van der Waals surface area contributed by atoms with Crippen molar-refractivity contribution in [1.82, 2.24) is 0 Å². The van der Waals surface area contributed by atoms with Crippen LogP contribution in [0.3, 0.4) is 0 Å². The van der Waals surface area contributed by atoms with Gasteiger partial charge >= 0.3 is 51.4 Å². The zero-order valence-corrected chi connectivity index (χ0v) is 21.5. The average Bonchev–Trinajstić information content (AvgIpc) is 2.55. The van der Waals surface area contributed by atoms with Gasteiger partial charge in [-0.25, -0.2) is 8.42 Å². The van der Waals surface area contributed by atoms with E-state index in [-0.39, 0.29) is 57.5 Å². The van der Waals surface area contributed by atoms with E-state index in [4.69, 9.17) is 0 Å². The summed E-state index contributed by atoms with van der Waals surface area (Å²) in [5.41, 5.74) is 0. The fraction of sp³-hybridized carbons (Fsp3) is 1.00. The molecule has 0 spiro atoms. The second-order valence-electron chi connectivity index (χ2n) is 7.57. The predicted octanol–water partition coefficient (Wildman–Crippen LogP) is 2.55. The molecule has 0 aliphatic rings. The fourth-order valence-electron chi connectivity index (χ4n) is 3.14. The molecule has 0 saturated carbocycles. The summed E-state index contributed by atoms with van der Waals surface area (Å²) in [4.78, 5) is 0. The molecule has 0 fully saturated rings. The van der Waals surface area contributed by atoms with Crippen LogP contribution < -0.4 is 51.4 Å². The van der Waals surface area contributed by atoms with Gasteiger partial charge < -0.3 is 9.66 Å². The maximum Gasteiger partial charge on any atom is 1.00 e. The van der Waals surface area contributed by atoms with Crippen LogP contribution in [0.5, 0.6) is 0 Å². The van der Waals surface area contributed by atoms with Crippen LogP contribution >= 0.6 is 0 Å². The van der Waals surface area contributed by atoms with E-state index in [0.29, 0.717) is 6.42 Å². The molecular formula is C20H41KO4S. The first-order valence-corrected chi connectivity index (χ1v) is 12.0. The largest absolute Gasteiger partial charge is 1.00 e. The summed E-state index contributed by atoms with van der Waals surface area (Å²) in [7, 11) is -4.10. The number of aliphatic hydroxyl groups excluding tert-OH is 1. The van der Waals surface area contributed by atoms with Crippen molar-refractivity contribution >= 4 is 10.1 Å². The smallest absolute Gasteiger partial charge is 0.748 e. The summed E-state index contributed by atoms with van der Waals surface area (Å²) in [6.45, 7) is 3.72. The zero-order valence-electron chi connectivity index (χ0n) is 17.5. The number of unbranched alkanes of at least 4 members (excludes halogenated alkanes) is 11. The van der Waals surface area contributed by atoms with Crippen molar-refractivity contribution in [3.05, 3.63) is 0 Å². The third-order valence-corrected chi connectivity index (χ3v) is 6.25. The summed E-state index contributed by atoms with van der Waals surface area (Å²) >= 11 is 0. The van der Waals surface area contributed by atoms with E-state index >= 15 is 0 Å². The van der Waals surface area contributed by atoms with E-state index in [1.165, 1.54) is 58.3 Å². The van der Waals surface area contributed by atoms with Gasteiger partial charge in [-0.1, -0.05) is 90.4 Å². The minimum absolute atomic E-state index is 0. The van der Waals surface area contributed by atoms with Gasteiger partial charge in [-0.2, -0.15) is 0 Å². The Kier molecular flexibility index (Phi) is 22.6. The molecule has 1 N–H and O–H groups in total. The molecule has 0 aromatic rings. The maximum absolute atomic E-state index is 10.8. The standard InChI is InChI=1S/C20H42O4S.K/c1-3-4-5-10-14-17-20(21)18-15-12-9-7-6-8-11-13-16-19(2)25(22,23)24;/h19-21H,3-18H2,1-2H3,(H,22,23,24);/q;+1/p-1. The summed E-state index contributed by atoms with van der Waals surface area (Å²) in [6, 6.07) is 0. The minimum atomic E-state index is -4.10. The Morgan fingerprint density at radius 2 is 1.08 bits per heavy atom. The Morgan fingerprint density at radius 3 is 1.46 bits per heavy atom. The minimum Gasteiger partial charge on any atom is -0.748 e. The Balaban J connectivity index is 0. The van der Waals surface area contributed by atoms with Crippen LogP contribution in [0.2, 0.25) is 0 Å². The van der Waals surface area contributed by atoms with Crippen LogP contribution in [0.1, 0.15) is 117 Å². The monoisotopic (exact) mass is 416 g/mol. The molecule has 6 heteroatoms. The second-order valence-corrected chi connectivity index (χ2v) is 9.36. The SMILES string of the molecule is CCCCCCCC(O)CCCCCCCCCCC(C)S(=O)(=O)[O-].[K+]. The molecule has 2 unspecified atom stereocenters. The van der Waals surface area contributed by atoms with Crippen LogP contribution in [-0.2, 0) is 10.1 Å². The third-order valence-electron chi connectivity index (χ3n) is 5.03. The van der Waals surface area contributed by atoms with Gasteiger partial charge in [0.25, 0.3) is 0 Å². The summed E-state index contributed by atoms with van der Waals surface area (Å²) < 4.78 is 32.3. The normalized spacial score (nSPS) is 14.0. The first kappa shape index (κ1) is 29.7. The molecule has 0 aromatic heterocycles. The topological polar surface area (TPSA) is 77.4 Å². The fourth-order valence-corrected chi connectivity index (χ4v) is 3.60. The van der Waals surface area contributed by atoms with Crippen molar-refractivity contribution < 1.29 is 69.5 Å². The molecule has 0 saturated heterocycles. The van der Waals surface area contributed by atoms with Crippen molar-refractivity contribution in [2.45, 2.75) is 128 Å². The van der Waals surface area contributed by atoms with Gasteiger partial charge in [0.05, 0.1) is 16.2 Å². The van der Waals surface area contributed by atoms with Gasteiger partial charge in [-0.3, -0.25) is 0 Å². The van der Waals surface area contributed by atoms with E-state index in [0.717, 1.165) is 44.9 Å². The van der Waals surface area contributed by atoms with Crippen molar-refractivity contribution in [2.75, 3.05) is 0 Å². The van der Waals surface area contributed by atoms with Crippen molar-refractivity contribution in [3.8, 4) is 0 Å². The second kappa shape index (κ2) is 19.8. The first-order valence-electron chi connectivity index (χ1n) is 10.5. The third kappa shape index (κ3) is 20.2. The van der Waals surface area contributed by atoms with Gasteiger partial charge in [-0.15, -0.1) is 0 Å². The number of hydrogen-bond acceptors (Lipinski definition) is 4. The molecule has 0 aromatic carbocycles. The molecule has 26 heavy (non-hydrogen) atoms. The Hall–Kier alpha value is 1.51. The van der Waals surface area contributed by atoms with Crippen molar-refractivity contribution in [3.63, 3.8) is 0 Å². The van der Waals surface area contributed by atoms with Gasteiger partial charge in [0, 0.05) is 5.25 Å². The van der Waals surface area contributed by atoms with Gasteiger partial charge in [0.1, 0.15) is 0 Å². The Labute approximate surface area is 205 Å². The molecule has 0 rings (SSSR count). The maximum atomic E-state index is 10.8. The summed E-state index contributed by atoms with van der Waals surface area (Å²) in [5.74, 6) is 0. The van der Waals surface area contributed by atoms with Crippen LogP contribution in [0.25, 0.3) is 0 Å². The quantitative estimate of drug-likeness (QED) is 0.212. The van der Waals surface area contributed by atoms with Crippen LogP contribution in [0.15, 0.2) is 0 Å². The van der Waals surface area contributed by atoms with Crippen molar-refractivity contribution in [2.24, 2.45) is 0 Å². The van der Waals surface area contributed by atoms with Crippen LogP contribution in [0, 0.1) is 0 Å². The molecule has 0 bridgehead atoms. The number of rotatable bonds is 18. The van der Waals surface area contributed by atoms with Crippen molar-refractivity contribution in [1.29, 1.82) is 0 Å². The molecule has 2 atom stereocenters. The first-order chi connectivity index (χ1) is 11.9. The van der Waals surface area contributed by atoms with E-state index < -0.39 is 15.4 Å². The Morgan fingerprint density at radius 1 is 0.731 bits per heavy atom. The van der Waals surface area contributed by atoms with Crippen LogP contribution in [-0.4, -0.2) is 29.4 Å². The molecule has 0 aliphatic heterocycles. The molecule has 0 radical (unpaired) electrons. The molecule has 152 valence electrons. The Bertz CT molecular complexity index is 387. The van der Waals surface area contributed by atoms with E-state index in [2.05, 4.69) is 6.92 Å². The van der Waals surface area contributed by atoms with Gasteiger partial charge in [0.15, 0.2) is 0 Å². The van der Waals surface area contributed by atoms with E-state index in [1.807, 2.05) is 0 Å². The molecule has 0 aliphatic carbocycles. The number of aliphatic hydroxyl groups is 1. The van der Waals surface area contributed by atoms with Gasteiger partial charge in [0.2, 0.25) is 0 Å². The molecule has 0 amide bonds. The molecular weight excluding hydrogens is 375 g/mol. The summed E-state index contributed by atoms with van der Waals surface area (Å²) in [6.07, 6.45) is 17.4. The zero-order chi connectivity index (χ0) is 19.0. The van der Waals surface area contributed by atoms with Crippen LogP contribution in [0.4, 0.5) is 0 Å². The average molecular weight is 417 g/mol. The predicted molar refractivity (Wildman–Crippen MR) is 105 cm³/mol. The summed E-state index contributed by atoms with van der Waals surface area (Å²) in [5, 5.41) is 9.20. The van der Waals surface area contributed by atoms with E-state index in [1.54, 1.807) is 0 Å². The molecule has 4 nitrogen and oxygen atoms in total. The van der Waals surface area contributed by atoms with Gasteiger partial charge in [-0.05, 0) is 26.2 Å². The molecule has 0 heterocycles.